The van der Waals surface area contributed by atoms with Crippen LogP contribution in [0, 0.1) is 5.92 Å². The van der Waals surface area contributed by atoms with Gasteiger partial charge in [-0.25, -0.2) is 5.01 Å². The number of nitrogens with one attached hydrogen (secondary N) is 1. The fourth-order valence-corrected chi connectivity index (χ4v) is 2.86. The second kappa shape index (κ2) is 7.67. The van der Waals surface area contributed by atoms with Crippen molar-refractivity contribution < 1.29 is 4.74 Å². The third-order valence-corrected chi connectivity index (χ3v) is 4.13. The van der Waals surface area contributed by atoms with Crippen LogP contribution in [0.25, 0.3) is 0 Å². The summed E-state index contributed by atoms with van der Waals surface area (Å²) in [6, 6.07) is 6.02. The average Bonchev–Trinajstić information content (AvgIpc) is 2.49. The molecule has 2 unspecified atom stereocenters. The Bertz CT molecular complexity index is 420. The van der Waals surface area contributed by atoms with Gasteiger partial charge in [-0.15, -0.1) is 0 Å². The van der Waals surface area contributed by atoms with E-state index in [-0.39, 0.29) is 5.92 Å². The van der Waals surface area contributed by atoms with E-state index in [1.165, 1.54) is 0 Å². The van der Waals surface area contributed by atoms with Gasteiger partial charge in [0.25, 0.3) is 0 Å². The summed E-state index contributed by atoms with van der Waals surface area (Å²) in [5, 5.41) is 2.14. The standard InChI is InChI=1S/C15H23N3OS/c1-3-12(2)14(13-6-4-5-7-16-13)15(20)17-18-8-10-19-11-9-18/h4-7,12,14H,3,8-11H2,1-2H3,(H,17,20). The van der Waals surface area contributed by atoms with Crippen molar-refractivity contribution in [2.24, 2.45) is 5.92 Å². The highest BCUT2D eigenvalue weighted by Gasteiger charge is 2.25. The molecule has 4 nitrogen and oxygen atoms in total. The van der Waals surface area contributed by atoms with Gasteiger partial charge >= 0.3 is 0 Å². The third kappa shape index (κ3) is 3.98. The Morgan fingerprint density at radius 2 is 2.20 bits per heavy atom. The molecular formula is C15H23N3OS. The minimum atomic E-state index is 0.166. The lowest BCUT2D eigenvalue weighted by molar-refractivity contribution is 0.0245. The molecule has 1 aliphatic rings. The lowest BCUT2D eigenvalue weighted by atomic mass is 9.88. The highest BCUT2D eigenvalue weighted by atomic mass is 32.1. The lowest BCUT2D eigenvalue weighted by Crippen LogP contribution is -2.49. The molecule has 0 aliphatic carbocycles. The largest absolute Gasteiger partial charge is 0.379 e. The second-order valence-corrected chi connectivity index (χ2v) is 5.63. The van der Waals surface area contributed by atoms with Gasteiger partial charge in [-0.3, -0.25) is 4.98 Å². The Kier molecular flexibility index (Phi) is 5.88. The van der Waals surface area contributed by atoms with Crippen LogP contribution >= 0.6 is 12.2 Å². The molecule has 1 aromatic rings. The van der Waals surface area contributed by atoms with E-state index in [9.17, 15) is 0 Å². The van der Waals surface area contributed by atoms with Gasteiger partial charge in [0.15, 0.2) is 0 Å². The zero-order valence-electron chi connectivity index (χ0n) is 12.2. The molecule has 0 saturated carbocycles. The van der Waals surface area contributed by atoms with E-state index in [1.807, 2.05) is 18.3 Å². The molecule has 2 rings (SSSR count). The van der Waals surface area contributed by atoms with Gasteiger partial charge in [0.05, 0.1) is 29.8 Å². The normalized spacial score (nSPS) is 19.3. The number of morpholine rings is 1. The first-order valence-corrected chi connectivity index (χ1v) is 7.67. The predicted molar refractivity (Wildman–Crippen MR) is 84.6 cm³/mol. The molecule has 110 valence electrons. The van der Waals surface area contributed by atoms with Crippen molar-refractivity contribution in [3.05, 3.63) is 30.1 Å². The summed E-state index contributed by atoms with van der Waals surface area (Å²) >= 11 is 5.65. The zero-order chi connectivity index (χ0) is 14.4. The number of aromatic nitrogens is 1. The zero-order valence-corrected chi connectivity index (χ0v) is 13.0. The molecule has 5 heteroatoms. The van der Waals surface area contributed by atoms with Crippen molar-refractivity contribution in [3.8, 4) is 0 Å². The fourth-order valence-electron chi connectivity index (χ4n) is 2.38. The molecule has 1 N–H and O–H groups in total. The summed E-state index contributed by atoms with van der Waals surface area (Å²) in [6.07, 6.45) is 2.91. The van der Waals surface area contributed by atoms with Crippen LogP contribution in [0.15, 0.2) is 24.4 Å². The van der Waals surface area contributed by atoms with Crippen molar-refractivity contribution in [2.75, 3.05) is 26.3 Å². The first kappa shape index (κ1) is 15.4. The van der Waals surface area contributed by atoms with Gasteiger partial charge in [0, 0.05) is 19.3 Å². The second-order valence-electron chi connectivity index (χ2n) is 5.19. The summed E-state index contributed by atoms with van der Waals surface area (Å²) in [7, 11) is 0. The quantitative estimate of drug-likeness (QED) is 0.844. The number of ether oxygens (including phenoxy) is 1. The molecule has 1 saturated heterocycles. The van der Waals surface area contributed by atoms with E-state index in [2.05, 4.69) is 35.3 Å². The Morgan fingerprint density at radius 3 is 2.80 bits per heavy atom. The minimum Gasteiger partial charge on any atom is -0.379 e. The number of rotatable bonds is 5. The number of thiocarbonyl (C=S) groups is 1. The number of nitrogens with zero attached hydrogens (tertiary/aromatic N) is 2. The van der Waals surface area contributed by atoms with Gasteiger partial charge in [-0.05, 0) is 18.1 Å². The smallest absolute Gasteiger partial charge is 0.0991 e. The maximum Gasteiger partial charge on any atom is 0.0991 e. The summed E-state index contributed by atoms with van der Waals surface area (Å²) in [4.78, 5) is 5.35. The van der Waals surface area contributed by atoms with E-state index in [4.69, 9.17) is 17.0 Å². The van der Waals surface area contributed by atoms with Gasteiger partial charge in [0.2, 0.25) is 0 Å². The van der Waals surface area contributed by atoms with Crippen molar-refractivity contribution >= 4 is 17.2 Å². The number of pyridine rings is 1. The lowest BCUT2D eigenvalue weighted by Gasteiger charge is -2.32. The Balaban J connectivity index is 2.08. The molecule has 1 aliphatic heterocycles. The highest BCUT2D eigenvalue weighted by Crippen LogP contribution is 2.26. The summed E-state index contributed by atoms with van der Waals surface area (Å²) < 4.78 is 5.36. The van der Waals surface area contributed by atoms with E-state index in [1.54, 1.807) is 0 Å². The maximum atomic E-state index is 5.65. The molecule has 0 bridgehead atoms. The maximum absolute atomic E-state index is 5.65. The van der Waals surface area contributed by atoms with Crippen LogP contribution < -0.4 is 5.43 Å². The first-order valence-electron chi connectivity index (χ1n) is 7.26. The molecule has 2 heterocycles. The van der Waals surface area contributed by atoms with E-state index in [0.29, 0.717) is 5.92 Å². The van der Waals surface area contributed by atoms with E-state index < -0.39 is 0 Å². The minimum absolute atomic E-state index is 0.166. The Hall–Kier alpha value is -1.04. The Labute approximate surface area is 126 Å². The van der Waals surface area contributed by atoms with Crippen LogP contribution in [0.4, 0.5) is 0 Å². The fraction of sp³-hybridized carbons (Fsp3) is 0.600. The van der Waals surface area contributed by atoms with Crippen LogP contribution in [0.3, 0.4) is 0 Å². The summed E-state index contributed by atoms with van der Waals surface area (Å²) in [5.74, 6) is 0.630. The van der Waals surface area contributed by atoms with E-state index in [0.717, 1.165) is 43.4 Å². The summed E-state index contributed by atoms with van der Waals surface area (Å²) in [6.45, 7) is 7.68. The number of hydrogen-bond donors (Lipinski definition) is 1. The predicted octanol–water partition coefficient (Wildman–Crippen LogP) is 2.38. The Morgan fingerprint density at radius 1 is 1.45 bits per heavy atom. The van der Waals surface area contributed by atoms with Crippen molar-refractivity contribution in [2.45, 2.75) is 26.2 Å². The number of hydrogen-bond acceptors (Lipinski definition) is 4. The van der Waals surface area contributed by atoms with Gasteiger partial charge in [-0.1, -0.05) is 38.6 Å². The molecule has 1 aromatic heterocycles. The van der Waals surface area contributed by atoms with Gasteiger partial charge in [-0.2, -0.15) is 0 Å². The number of hydrazine groups is 1. The summed E-state index contributed by atoms with van der Waals surface area (Å²) in [5.41, 5.74) is 4.43. The van der Waals surface area contributed by atoms with Gasteiger partial charge in [0.1, 0.15) is 0 Å². The average molecular weight is 293 g/mol. The molecular weight excluding hydrogens is 270 g/mol. The monoisotopic (exact) mass is 293 g/mol. The third-order valence-electron chi connectivity index (χ3n) is 3.78. The SMILES string of the molecule is CCC(C)C(C(=S)NN1CCOCC1)c1ccccn1. The van der Waals surface area contributed by atoms with Crippen LogP contribution in [-0.4, -0.2) is 41.3 Å². The molecule has 0 radical (unpaired) electrons. The van der Waals surface area contributed by atoms with E-state index >= 15 is 0 Å². The molecule has 0 aromatic carbocycles. The first-order chi connectivity index (χ1) is 9.72. The molecule has 1 fully saturated rings. The molecule has 0 spiro atoms. The van der Waals surface area contributed by atoms with Crippen molar-refractivity contribution in [1.29, 1.82) is 0 Å². The molecule has 2 atom stereocenters. The van der Waals surface area contributed by atoms with Crippen LogP contribution in [0.2, 0.25) is 0 Å². The van der Waals surface area contributed by atoms with Gasteiger partial charge < -0.3 is 10.2 Å². The highest BCUT2D eigenvalue weighted by molar-refractivity contribution is 7.80. The molecule has 20 heavy (non-hydrogen) atoms. The van der Waals surface area contributed by atoms with Crippen LogP contribution in [0.1, 0.15) is 31.9 Å². The van der Waals surface area contributed by atoms with Crippen molar-refractivity contribution in [1.82, 2.24) is 15.4 Å². The van der Waals surface area contributed by atoms with Crippen LogP contribution in [0.5, 0.6) is 0 Å². The topological polar surface area (TPSA) is 37.4 Å². The van der Waals surface area contributed by atoms with Crippen LogP contribution in [-0.2, 0) is 4.74 Å². The molecule has 0 amide bonds. The van der Waals surface area contributed by atoms with Crippen molar-refractivity contribution in [3.63, 3.8) is 0 Å².